The predicted octanol–water partition coefficient (Wildman–Crippen LogP) is 2.64. The first-order chi connectivity index (χ1) is 6.31. The first-order valence-electron chi connectivity index (χ1n) is 5.24. The van der Waals surface area contributed by atoms with Gasteiger partial charge in [-0.1, -0.05) is 11.6 Å². The molecule has 0 aromatic carbocycles. The van der Waals surface area contributed by atoms with Crippen molar-refractivity contribution < 1.29 is 9.47 Å². The molecule has 1 heterocycles. The molecule has 1 spiro atoms. The molecule has 0 aromatic rings. The maximum Gasteiger partial charge on any atom is 0.171 e. The minimum Gasteiger partial charge on any atom is -0.347 e. The van der Waals surface area contributed by atoms with Crippen LogP contribution in [0, 0.1) is 0 Å². The summed E-state index contributed by atoms with van der Waals surface area (Å²) < 4.78 is 11.4. The first-order valence-corrected chi connectivity index (χ1v) is 5.24. The Hall–Kier alpha value is -0.340. The summed E-state index contributed by atoms with van der Waals surface area (Å²) in [7, 11) is 0. The van der Waals surface area contributed by atoms with Gasteiger partial charge in [0.25, 0.3) is 0 Å². The Bertz CT molecular complexity index is 202. The van der Waals surface area contributed by atoms with Crippen LogP contribution in [0.1, 0.15) is 39.0 Å². The van der Waals surface area contributed by atoms with E-state index in [0.29, 0.717) is 0 Å². The molecule has 1 aliphatic heterocycles. The summed E-state index contributed by atoms with van der Waals surface area (Å²) in [6, 6.07) is 0. The Morgan fingerprint density at radius 2 is 2.00 bits per heavy atom. The minimum atomic E-state index is -0.248. The summed E-state index contributed by atoms with van der Waals surface area (Å²) in [6.45, 7) is 3.74. The van der Waals surface area contributed by atoms with Crippen LogP contribution in [0.4, 0.5) is 0 Å². The lowest BCUT2D eigenvalue weighted by Gasteiger charge is -2.27. The van der Waals surface area contributed by atoms with Crippen LogP contribution >= 0.6 is 0 Å². The lowest BCUT2D eigenvalue weighted by Crippen LogP contribution is -2.29. The van der Waals surface area contributed by atoms with Crippen LogP contribution in [-0.4, -0.2) is 19.0 Å². The van der Waals surface area contributed by atoms with E-state index in [2.05, 4.69) is 13.0 Å². The van der Waals surface area contributed by atoms with Crippen molar-refractivity contribution in [3.8, 4) is 0 Å². The summed E-state index contributed by atoms with van der Waals surface area (Å²) in [6.07, 6.45) is 8.04. The molecule has 74 valence electrons. The van der Waals surface area contributed by atoms with Gasteiger partial charge in [-0.15, -0.1) is 0 Å². The average molecular weight is 182 g/mol. The van der Waals surface area contributed by atoms with Crippen LogP contribution < -0.4 is 0 Å². The van der Waals surface area contributed by atoms with E-state index in [-0.39, 0.29) is 5.79 Å². The number of hydrogen-bond donors (Lipinski definition) is 0. The van der Waals surface area contributed by atoms with Crippen molar-refractivity contribution in [1.29, 1.82) is 0 Å². The zero-order chi connectivity index (χ0) is 9.15. The summed E-state index contributed by atoms with van der Waals surface area (Å²) in [5.74, 6) is -0.248. The fourth-order valence-corrected chi connectivity index (χ4v) is 2.09. The lowest BCUT2D eigenvalue weighted by atomic mass is 9.96. The summed E-state index contributed by atoms with van der Waals surface area (Å²) >= 11 is 0. The third-order valence-corrected chi connectivity index (χ3v) is 2.95. The van der Waals surface area contributed by atoms with Crippen LogP contribution in [0.2, 0.25) is 0 Å². The van der Waals surface area contributed by atoms with E-state index < -0.39 is 0 Å². The normalized spacial score (nSPS) is 32.2. The van der Waals surface area contributed by atoms with E-state index in [9.17, 15) is 0 Å². The summed E-state index contributed by atoms with van der Waals surface area (Å²) in [5.41, 5.74) is 1.48. The standard InChI is InChI=1S/C11H18O2/c1-10-4-2-3-6-11(7-5-10)12-8-9-13-11/h5H,2-4,6-9H2,1H3/b10-5-. The van der Waals surface area contributed by atoms with Gasteiger partial charge in [0.05, 0.1) is 13.2 Å². The van der Waals surface area contributed by atoms with Crippen LogP contribution in [0.15, 0.2) is 11.6 Å². The average Bonchev–Trinajstić information content (AvgIpc) is 2.56. The Morgan fingerprint density at radius 1 is 1.23 bits per heavy atom. The quantitative estimate of drug-likeness (QED) is 0.536. The molecule has 0 radical (unpaired) electrons. The molecule has 2 nitrogen and oxygen atoms in total. The third-order valence-electron chi connectivity index (χ3n) is 2.95. The molecule has 0 aromatic heterocycles. The molecule has 1 saturated heterocycles. The summed E-state index contributed by atoms with van der Waals surface area (Å²) in [5, 5.41) is 0. The molecule has 0 amide bonds. The van der Waals surface area contributed by atoms with E-state index in [1.54, 1.807) is 0 Å². The third kappa shape index (κ3) is 2.12. The molecule has 0 atom stereocenters. The van der Waals surface area contributed by atoms with Crippen molar-refractivity contribution in [3.05, 3.63) is 11.6 Å². The van der Waals surface area contributed by atoms with Crippen LogP contribution in [0.25, 0.3) is 0 Å². The van der Waals surface area contributed by atoms with Crippen molar-refractivity contribution >= 4 is 0 Å². The molecule has 1 fully saturated rings. The SMILES string of the molecule is C/C1=C/CC2(CCCC1)OCCO2. The van der Waals surface area contributed by atoms with Gasteiger partial charge in [0.15, 0.2) is 5.79 Å². The molecule has 2 aliphatic rings. The van der Waals surface area contributed by atoms with Crippen molar-refractivity contribution in [2.75, 3.05) is 13.2 Å². The smallest absolute Gasteiger partial charge is 0.171 e. The van der Waals surface area contributed by atoms with Gasteiger partial charge < -0.3 is 9.47 Å². The molecule has 0 N–H and O–H groups in total. The van der Waals surface area contributed by atoms with Gasteiger partial charge in [0.1, 0.15) is 0 Å². The van der Waals surface area contributed by atoms with Gasteiger partial charge >= 0.3 is 0 Å². The van der Waals surface area contributed by atoms with E-state index >= 15 is 0 Å². The van der Waals surface area contributed by atoms with Crippen LogP contribution in [0.3, 0.4) is 0 Å². The maximum absolute atomic E-state index is 5.70. The first kappa shape index (κ1) is 9.22. The van der Waals surface area contributed by atoms with Gasteiger partial charge in [0, 0.05) is 12.8 Å². The predicted molar refractivity (Wildman–Crippen MR) is 51.5 cm³/mol. The van der Waals surface area contributed by atoms with E-state index in [1.807, 2.05) is 0 Å². The van der Waals surface area contributed by atoms with E-state index in [1.165, 1.54) is 24.8 Å². The fourth-order valence-electron chi connectivity index (χ4n) is 2.09. The molecule has 0 unspecified atom stereocenters. The second-order valence-electron chi connectivity index (χ2n) is 4.07. The van der Waals surface area contributed by atoms with Gasteiger partial charge in [-0.2, -0.15) is 0 Å². The van der Waals surface area contributed by atoms with Crippen molar-refractivity contribution in [1.82, 2.24) is 0 Å². The topological polar surface area (TPSA) is 18.5 Å². The Morgan fingerprint density at radius 3 is 2.77 bits per heavy atom. The highest BCUT2D eigenvalue weighted by atomic mass is 16.7. The largest absolute Gasteiger partial charge is 0.347 e. The maximum atomic E-state index is 5.70. The highest BCUT2D eigenvalue weighted by Gasteiger charge is 2.35. The highest BCUT2D eigenvalue weighted by molar-refractivity contribution is 5.02. The second kappa shape index (κ2) is 3.81. The Labute approximate surface area is 79.9 Å². The van der Waals surface area contributed by atoms with Gasteiger partial charge in [-0.25, -0.2) is 0 Å². The minimum absolute atomic E-state index is 0.248. The Kier molecular flexibility index (Phi) is 2.70. The zero-order valence-corrected chi connectivity index (χ0v) is 8.34. The van der Waals surface area contributed by atoms with Crippen LogP contribution in [-0.2, 0) is 9.47 Å². The molecule has 1 aliphatic carbocycles. The van der Waals surface area contributed by atoms with Gasteiger partial charge in [-0.05, 0) is 26.2 Å². The Balaban J connectivity index is 2.05. The molecule has 0 bridgehead atoms. The monoisotopic (exact) mass is 182 g/mol. The highest BCUT2D eigenvalue weighted by Crippen LogP contribution is 2.32. The second-order valence-corrected chi connectivity index (χ2v) is 4.07. The van der Waals surface area contributed by atoms with Crippen molar-refractivity contribution in [2.24, 2.45) is 0 Å². The van der Waals surface area contributed by atoms with Crippen LogP contribution in [0.5, 0.6) is 0 Å². The zero-order valence-electron chi connectivity index (χ0n) is 8.34. The lowest BCUT2D eigenvalue weighted by molar-refractivity contribution is -0.160. The number of hydrogen-bond acceptors (Lipinski definition) is 2. The molecule has 0 saturated carbocycles. The molecule has 2 rings (SSSR count). The van der Waals surface area contributed by atoms with E-state index in [0.717, 1.165) is 26.1 Å². The van der Waals surface area contributed by atoms with E-state index in [4.69, 9.17) is 9.47 Å². The number of ether oxygens (including phenoxy) is 2. The molecular formula is C11H18O2. The molecular weight excluding hydrogens is 164 g/mol. The van der Waals surface area contributed by atoms with Crippen molar-refractivity contribution in [2.45, 2.75) is 44.8 Å². The molecule has 2 heteroatoms. The van der Waals surface area contributed by atoms with Gasteiger partial charge in [0.2, 0.25) is 0 Å². The number of rotatable bonds is 0. The van der Waals surface area contributed by atoms with Gasteiger partial charge in [-0.3, -0.25) is 0 Å². The van der Waals surface area contributed by atoms with Crippen molar-refractivity contribution in [3.63, 3.8) is 0 Å². The fraction of sp³-hybridized carbons (Fsp3) is 0.818. The molecule has 13 heavy (non-hydrogen) atoms. The summed E-state index contributed by atoms with van der Waals surface area (Å²) in [4.78, 5) is 0. The number of allylic oxidation sites excluding steroid dienone is 1.